The standard InChI is InChI=1S/C22H16O5/c1-2-5-18-19(10-11-20(23)26-18)27-22(25)13-8-9-15-14-6-3-4-7-16(14)21(24)17(15)12-13/h2-12,18-19H,1H3/b5-2+/t18-,19+/m0/s1. The summed E-state index contributed by atoms with van der Waals surface area (Å²) in [5, 5.41) is 0. The van der Waals surface area contributed by atoms with Crippen LogP contribution >= 0.6 is 0 Å². The molecule has 0 unspecified atom stereocenters. The van der Waals surface area contributed by atoms with Gasteiger partial charge in [0.15, 0.2) is 18.0 Å². The molecule has 0 saturated heterocycles. The number of cyclic esters (lactones) is 1. The maximum Gasteiger partial charge on any atom is 0.338 e. The van der Waals surface area contributed by atoms with Crippen molar-refractivity contribution in [2.75, 3.05) is 0 Å². The number of hydrogen-bond acceptors (Lipinski definition) is 5. The Hall–Kier alpha value is -3.47. The monoisotopic (exact) mass is 360 g/mol. The lowest BCUT2D eigenvalue weighted by atomic mass is 10.0. The predicted molar refractivity (Wildman–Crippen MR) is 98.3 cm³/mol. The molecule has 0 aromatic heterocycles. The van der Waals surface area contributed by atoms with Gasteiger partial charge in [0.1, 0.15) is 0 Å². The summed E-state index contributed by atoms with van der Waals surface area (Å²) >= 11 is 0. The summed E-state index contributed by atoms with van der Waals surface area (Å²) < 4.78 is 10.7. The molecule has 2 aromatic rings. The van der Waals surface area contributed by atoms with E-state index in [1.165, 1.54) is 12.2 Å². The fourth-order valence-corrected chi connectivity index (χ4v) is 3.31. The molecule has 5 heteroatoms. The van der Waals surface area contributed by atoms with Gasteiger partial charge < -0.3 is 9.47 Å². The molecule has 0 bridgehead atoms. The fourth-order valence-electron chi connectivity index (χ4n) is 3.31. The number of benzene rings is 2. The van der Waals surface area contributed by atoms with E-state index < -0.39 is 24.1 Å². The predicted octanol–water partition coefficient (Wildman–Crippen LogP) is 3.48. The van der Waals surface area contributed by atoms with E-state index in [-0.39, 0.29) is 11.3 Å². The number of hydrogen-bond donors (Lipinski definition) is 0. The van der Waals surface area contributed by atoms with Gasteiger partial charge in [-0.15, -0.1) is 0 Å². The summed E-state index contributed by atoms with van der Waals surface area (Å²) in [5.74, 6) is -1.16. The highest BCUT2D eigenvalue weighted by Crippen LogP contribution is 2.36. The van der Waals surface area contributed by atoms with Crippen molar-refractivity contribution in [3.8, 4) is 11.1 Å². The summed E-state index contributed by atoms with van der Waals surface area (Å²) in [7, 11) is 0. The first-order valence-electron chi connectivity index (χ1n) is 8.59. The van der Waals surface area contributed by atoms with Crippen LogP contribution in [-0.4, -0.2) is 29.9 Å². The third-order valence-electron chi connectivity index (χ3n) is 4.59. The second kappa shape index (κ2) is 6.68. The van der Waals surface area contributed by atoms with Crippen molar-refractivity contribution < 1.29 is 23.9 Å². The Balaban J connectivity index is 1.60. The van der Waals surface area contributed by atoms with Crippen molar-refractivity contribution >= 4 is 17.7 Å². The molecule has 2 aromatic carbocycles. The van der Waals surface area contributed by atoms with Gasteiger partial charge in [-0.3, -0.25) is 4.79 Å². The molecule has 0 saturated carbocycles. The van der Waals surface area contributed by atoms with Crippen LogP contribution in [0.15, 0.2) is 66.8 Å². The molecular weight excluding hydrogens is 344 g/mol. The van der Waals surface area contributed by atoms with Gasteiger partial charge in [0.2, 0.25) is 0 Å². The molecule has 0 amide bonds. The summed E-state index contributed by atoms with van der Waals surface area (Å²) in [5.41, 5.74) is 3.08. The maximum absolute atomic E-state index is 12.6. The SMILES string of the molecule is C/C=C/[C@@H]1OC(=O)C=C[C@H]1OC(=O)c1ccc2c(c1)C(=O)c1ccccc1-2. The average Bonchev–Trinajstić information content (AvgIpc) is 2.96. The number of esters is 2. The first-order valence-corrected chi connectivity index (χ1v) is 8.59. The van der Waals surface area contributed by atoms with Crippen molar-refractivity contribution in [2.45, 2.75) is 19.1 Å². The van der Waals surface area contributed by atoms with Crippen LogP contribution in [0.1, 0.15) is 33.2 Å². The molecule has 0 fully saturated rings. The van der Waals surface area contributed by atoms with E-state index in [0.29, 0.717) is 11.1 Å². The van der Waals surface area contributed by atoms with Crippen LogP contribution < -0.4 is 0 Å². The van der Waals surface area contributed by atoms with Gasteiger partial charge in [0.05, 0.1) is 5.56 Å². The second-order valence-electron chi connectivity index (χ2n) is 6.29. The molecular formula is C22H16O5. The van der Waals surface area contributed by atoms with Crippen LogP contribution in [-0.2, 0) is 14.3 Å². The second-order valence-corrected chi connectivity index (χ2v) is 6.29. The van der Waals surface area contributed by atoms with E-state index in [4.69, 9.17) is 9.47 Å². The topological polar surface area (TPSA) is 69.7 Å². The van der Waals surface area contributed by atoms with Crippen LogP contribution in [0.4, 0.5) is 0 Å². The first kappa shape index (κ1) is 17.0. The molecule has 0 radical (unpaired) electrons. The lowest BCUT2D eigenvalue weighted by Crippen LogP contribution is -2.35. The minimum absolute atomic E-state index is 0.103. The number of carbonyl (C=O) groups is 3. The number of carbonyl (C=O) groups excluding carboxylic acids is 3. The number of allylic oxidation sites excluding steroid dienone is 1. The van der Waals surface area contributed by atoms with Gasteiger partial charge in [-0.25, -0.2) is 9.59 Å². The third-order valence-corrected chi connectivity index (χ3v) is 4.59. The van der Waals surface area contributed by atoms with Crippen molar-refractivity contribution in [1.29, 1.82) is 0 Å². The van der Waals surface area contributed by atoms with Crippen LogP contribution in [0.2, 0.25) is 0 Å². The highest BCUT2D eigenvalue weighted by molar-refractivity contribution is 6.22. The summed E-state index contributed by atoms with van der Waals surface area (Å²) in [6, 6.07) is 12.3. The molecule has 1 aliphatic heterocycles. The summed E-state index contributed by atoms with van der Waals surface area (Å²) in [4.78, 5) is 36.6. The number of fused-ring (bicyclic) bond motifs is 3. The van der Waals surface area contributed by atoms with Crippen LogP contribution in [0.3, 0.4) is 0 Å². The number of ketones is 1. The van der Waals surface area contributed by atoms with Gasteiger partial charge in [-0.1, -0.05) is 36.4 Å². The van der Waals surface area contributed by atoms with E-state index in [2.05, 4.69) is 0 Å². The Labute approximate surface area is 155 Å². The van der Waals surface area contributed by atoms with Gasteiger partial charge in [-0.2, -0.15) is 0 Å². The highest BCUT2D eigenvalue weighted by Gasteiger charge is 2.30. The summed E-state index contributed by atoms with van der Waals surface area (Å²) in [6.45, 7) is 1.79. The molecule has 27 heavy (non-hydrogen) atoms. The van der Waals surface area contributed by atoms with Crippen LogP contribution in [0.5, 0.6) is 0 Å². The zero-order valence-electron chi connectivity index (χ0n) is 14.5. The van der Waals surface area contributed by atoms with Crippen molar-refractivity contribution in [3.05, 3.63) is 83.5 Å². The smallest absolute Gasteiger partial charge is 0.338 e. The molecule has 4 rings (SSSR count). The van der Waals surface area contributed by atoms with Crippen molar-refractivity contribution in [2.24, 2.45) is 0 Å². The summed E-state index contributed by atoms with van der Waals surface area (Å²) in [6.07, 6.45) is 4.74. The Kier molecular flexibility index (Phi) is 4.20. The number of rotatable bonds is 3. The minimum atomic E-state index is -0.715. The van der Waals surface area contributed by atoms with Crippen LogP contribution in [0.25, 0.3) is 11.1 Å². The average molecular weight is 360 g/mol. The normalized spacial score (nSPS) is 20.3. The van der Waals surface area contributed by atoms with Gasteiger partial charge in [0, 0.05) is 17.2 Å². The zero-order chi connectivity index (χ0) is 19.0. The molecule has 0 spiro atoms. The van der Waals surface area contributed by atoms with Crippen molar-refractivity contribution in [1.82, 2.24) is 0 Å². The molecule has 2 aliphatic rings. The van der Waals surface area contributed by atoms with E-state index >= 15 is 0 Å². The Bertz CT molecular complexity index is 1020. The minimum Gasteiger partial charge on any atom is -0.451 e. The van der Waals surface area contributed by atoms with Crippen molar-refractivity contribution in [3.63, 3.8) is 0 Å². The van der Waals surface area contributed by atoms with Crippen LogP contribution in [0, 0.1) is 0 Å². The van der Waals surface area contributed by atoms with E-state index in [0.717, 1.165) is 11.1 Å². The molecule has 1 heterocycles. The van der Waals surface area contributed by atoms with E-state index in [9.17, 15) is 14.4 Å². The largest absolute Gasteiger partial charge is 0.451 e. The fraction of sp³-hybridized carbons (Fsp3) is 0.136. The van der Waals surface area contributed by atoms with Gasteiger partial charge in [-0.05, 0) is 42.3 Å². The molecule has 0 N–H and O–H groups in total. The van der Waals surface area contributed by atoms with Gasteiger partial charge >= 0.3 is 11.9 Å². The lowest BCUT2D eigenvalue weighted by Gasteiger charge is -2.25. The Morgan fingerprint density at radius 1 is 1.04 bits per heavy atom. The third kappa shape index (κ3) is 2.97. The number of ether oxygens (including phenoxy) is 2. The molecule has 2 atom stereocenters. The quantitative estimate of drug-likeness (QED) is 0.528. The lowest BCUT2D eigenvalue weighted by molar-refractivity contribution is -0.146. The van der Waals surface area contributed by atoms with E-state index in [1.807, 2.05) is 18.2 Å². The maximum atomic E-state index is 12.6. The Morgan fingerprint density at radius 2 is 1.78 bits per heavy atom. The first-order chi connectivity index (χ1) is 13.1. The molecule has 5 nitrogen and oxygen atoms in total. The van der Waals surface area contributed by atoms with E-state index in [1.54, 1.807) is 43.3 Å². The van der Waals surface area contributed by atoms with Gasteiger partial charge in [0.25, 0.3) is 0 Å². The molecule has 134 valence electrons. The molecule has 1 aliphatic carbocycles. The highest BCUT2D eigenvalue weighted by atomic mass is 16.6. The Morgan fingerprint density at radius 3 is 2.56 bits per heavy atom. The zero-order valence-corrected chi connectivity index (χ0v) is 14.5.